The number of carbonyl (C=O) groups is 1. The van der Waals surface area contributed by atoms with Gasteiger partial charge in [-0.1, -0.05) is 24.3 Å². The molecule has 28 heavy (non-hydrogen) atoms. The largest absolute Gasteiger partial charge is 0.379 e. The Kier molecular flexibility index (Phi) is 5.99. The fourth-order valence-corrected chi connectivity index (χ4v) is 3.49. The summed E-state index contributed by atoms with van der Waals surface area (Å²) in [5, 5.41) is 3.01. The maximum atomic E-state index is 12.3. The third-order valence-electron chi connectivity index (χ3n) is 5.07. The number of carbonyl (C=O) groups excluding carboxylic acids is 1. The summed E-state index contributed by atoms with van der Waals surface area (Å²) in [7, 11) is 0. The zero-order chi connectivity index (χ0) is 19.2. The van der Waals surface area contributed by atoms with Gasteiger partial charge in [0.2, 0.25) is 0 Å². The molecule has 0 unspecified atom stereocenters. The number of para-hydroxylation sites is 2. The summed E-state index contributed by atoms with van der Waals surface area (Å²) in [5.41, 5.74) is 3.85. The van der Waals surface area contributed by atoms with Gasteiger partial charge in [0.15, 0.2) is 0 Å². The second-order valence-corrected chi connectivity index (χ2v) is 7.14. The number of nitrogens with one attached hydrogen (secondary N) is 2. The molecule has 4 rings (SSSR count). The van der Waals surface area contributed by atoms with Crippen LogP contribution in [0.2, 0.25) is 0 Å². The van der Waals surface area contributed by atoms with Gasteiger partial charge in [0.1, 0.15) is 5.82 Å². The number of nitrogens with zero attached hydrogens (tertiary/aromatic N) is 2. The van der Waals surface area contributed by atoms with E-state index in [4.69, 9.17) is 4.74 Å². The highest BCUT2D eigenvalue weighted by atomic mass is 16.5. The molecule has 0 radical (unpaired) electrons. The van der Waals surface area contributed by atoms with E-state index in [1.54, 1.807) is 0 Å². The molecule has 3 aromatic rings. The number of benzene rings is 2. The molecule has 2 N–H and O–H groups in total. The van der Waals surface area contributed by atoms with E-state index < -0.39 is 0 Å². The van der Waals surface area contributed by atoms with Crippen molar-refractivity contribution in [2.24, 2.45) is 0 Å². The lowest BCUT2D eigenvalue weighted by Gasteiger charge is -2.26. The summed E-state index contributed by atoms with van der Waals surface area (Å²) < 4.78 is 5.35. The van der Waals surface area contributed by atoms with Crippen LogP contribution in [0.3, 0.4) is 0 Å². The second kappa shape index (κ2) is 8.99. The molecule has 1 aliphatic rings. The molecule has 0 saturated carbocycles. The van der Waals surface area contributed by atoms with Crippen molar-refractivity contribution in [2.45, 2.75) is 12.8 Å². The van der Waals surface area contributed by atoms with Crippen LogP contribution in [0, 0.1) is 0 Å². The Morgan fingerprint density at radius 1 is 1.11 bits per heavy atom. The van der Waals surface area contributed by atoms with E-state index in [2.05, 4.69) is 20.2 Å². The third kappa shape index (κ3) is 4.77. The predicted octanol–water partition coefficient (Wildman–Crippen LogP) is 2.61. The molecular formula is C22H26N4O2. The first-order valence-electron chi connectivity index (χ1n) is 9.89. The Morgan fingerprint density at radius 2 is 1.89 bits per heavy atom. The molecule has 2 heterocycles. The standard InChI is InChI=1S/C22H26N4O2/c27-22(23-10-3-11-26-12-14-28-15-13-26)18-8-6-17(7-9-18)16-21-24-19-4-1-2-5-20(19)25-21/h1-2,4-9H,3,10-16H2,(H,23,27)(H,24,25). The fourth-order valence-electron chi connectivity index (χ4n) is 3.49. The van der Waals surface area contributed by atoms with Gasteiger partial charge in [-0.2, -0.15) is 0 Å². The van der Waals surface area contributed by atoms with Crippen molar-refractivity contribution in [1.29, 1.82) is 0 Å². The summed E-state index contributed by atoms with van der Waals surface area (Å²) in [5.74, 6) is 0.916. The molecule has 0 bridgehead atoms. The number of fused-ring (bicyclic) bond motifs is 1. The normalized spacial score (nSPS) is 15.0. The van der Waals surface area contributed by atoms with Crippen LogP contribution in [-0.2, 0) is 11.2 Å². The van der Waals surface area contributed by atoms with Crippen molar-refractivity contribution in [2.75, 3.05) is 39.4 Å². The predicted molar refractivity (Wildman–Crippen MR) is 110 cm³/mol. The van der Waals surface area contributed by atoms with Crippen LogP contribution in [0.15, 0.2) is 48.5 Å². The monoisotopic (exact) mass is 378 g/mol. The number of aromatic amines is 1. The van der Waals surface area contributed by atoms with Gasteiger partial charge in [-0.15, -0.1) is 0 Å². The molecule has 6 heteroatoms. The van der Waals surface area contributed by atoms with Gasteiger partial charge in [0.25, 0.3) is 5.91 Å². The molecule has 0 aliphatic carbocycles. The highest BCUT2D eigenvalue weighted by Crippen LogP contribution is 2.14. The lowest BCUT2D eigenvalue weighted by Crippen LogP contribution is -2.38. The highest BCUT2D eigenvalue weighted by Gasteiger charge is 2.10. The average Bonchev–Trinajstić information content (AvgIpc) is 3.14. The van der Waals surface area contributed by atoms with Gasteiger partial charge in [-0.25, -0.2) is 4.98 Å². The molecule has 6 nitrogen and oxygen atoms in total. The number of morpholine rings is 1. The van der Waals surface area contributed by atoms with Crippen LogP contribution in [-0.4, -0.2) is 60.2 Å². The molecule has 1 aromatic heterocycles. The molecule has 1 saturated heterocycles. The number of hydrogen-bond donors (Lipinski definition) is 2. The molecule has 1 fully saturated rings. The zero-order valence-corrected chi connectivity index (χ0v) is 16.0. The van der Waals surface area contributed by atoms with Gasteiger partial charge in [-0.3, -0.25) is 9.69 Å². The van der Waals surface area contributed by atoms with Crippen molar-refractivity contribution in [1.82, 2.24) is 20.2 Å². The van der Waals surface area contributed by atoms with E-state index in [1.807, 2.05) is 48.5 Å². The van der Waals surface area contributed by atoms with E-state index in [-0.39, 0.29) is 5.91 Å². The Morgan fingerprint density at radius 3 is 2.68 bits per heavy atom. The molecule has 1 amide bonds. The highest BCUT2D eigenvalue weighted by molar-refractivity contribution is 5.94. The van der Waals surface area contributed by atoms with E-state index in [0.29, 0.717) is 12.1 Å². The molecule has 0 spiro atoms. The van der Waals surface area contributed by atoms with Crippen LogP contribution in [0.1, 0.15) is 28.2 Å². The van der Waals surface area contributed by atoms with E-state index >= 15 is 0 Å². The molecule has 2 aromatic carbocycles. The van der Waals surface area contributed by atoms with Crippen molar-refractivity contribution >= 4 is 16.9 Å². The average molecular weight is 378 g/mol. The Hall–Kier alpha value is -2.70. The van der Waals surface area contributed by atoms with Gasteiger partial charge in [-0.05, 0) is 42.8 Å². The van der Waals surface area contributed by atoms with Crippen LogP contribution in [0.5, 0.6) is 0 Å². The maximum Gasteiger partial charge on any atom is 0.251 e. The van der Waals surface area contributed by atoms with Crippen molar-refractivity contribution < 1.29 is 9.53 Å². The quantitative estimate of drug-likeness (QED) is 0.620. The molecule has 1 aliphatic heterocycles. The smallest absolute Gasteiger partial charge is 0.251 e. The summed E-state index contributed by atoms with van der Waals surface area (Å²) in [4.78, 5) is 22.6. The lowest BCUT2D eigenvalue weighted by atomic mass is 10.1. The minimum Gasteiger partial charge on any atom is -0.379 e. The van der Waals surface area contributed by atoms with Gasteiger partial charge >= 0.3 is 0 Å². The van der Waals surface area contributed by atoms with Gasteiger partial charge in [0, 0.05) is 31.6 Å². The molecular weight excluding hydrogens is 352 g/mol. The Balaban J connectivity index is 1.25. The first-order chi connectivity index (χ1) is 13.8. The summed E-state index contributed by atoms with van der Waals surface area (Å²) in [6.45, 7) is 5.29. The van der Waals surface area contributed by atoms with Crippen LogP contribution in [0.25, 0.3) is 11.0 Å². The van der Waals surface area contributed by atoms with Crippen molar-refractivity contribution in [3.63, 3.8) is 0 Å². The first-order valence-corrected chi connectivity index (χ1v) is 9.89. The van der Waals surface area contributed by atoms with E-state index in [9.17, 15) is 4.79 Å². The Labute approximate surface area is 164 Å². The Bertz CT molecular complexity index is 881. The first kappa shape index (κ1) is 18.7. The van der Waals surface area contributed by atoms with Crippen LogP contribution >= 0.6 is 0 Å². The summed E-state index contributed by atoms with van der Waals surface area (Å²) in [6.07, 6.45) is 1.67. The minimum atomic E-state index is -0.0164. The van der Waals surface area contributed by atoms with Crippen LogP contribution in [0.4, 0.5) is 0 Å². The molecule has 0 atom stereocenters. The number of rotatable bonds is 7. The topological polar surface area (TPSA) is 70.2 Å². The van der Waals surface area contributed by atoms with Crippen molar-refractivity contribution in [3.05, 3.63) is 65.5 Å². The number of imidazole rings is 1. The molecule has 146 valence electrons. The summed E-state index contributed by atoms with van der Waals surface area (Å²) in [6, 6.07) is 15.8. The number of hydrogen-bond acceptors (Lipinski definition) is 4. The lowest BCUT2D eigenvalue weighted by molar-refractivity contribution is 0.0374. The van der Waals surface area contributed by atoms with Crippen LogP contribution < -0.4 is 5.32 Å². The van der Waals surface area contributed by atoms with Gasteiger partial charge in [0.05, 0.1) is 24.2 Å². The number of H-pyrrole nitrogens is 1. The summed E-state index contributed by atoms with van der Waals surface area (Å²) >= 11 is 0. The third-order valence-corrected chi connectivity index (χ3v) is 5.07. The number of amides is 1. The number of ether oxygens (including phenoxy) is 1. The minimum absolute atomic E-state index is 0.0164. The van der Waals surface area contributed by atoms with E-state index in [0.717, 1.165) is 68.1 Å². The fraction of sp³-hybridized carbons (Fsp3) is 0.364. The zero-order valence-electron chi connectivity index (χ0n) is 16.0. The van der Waals surface area contributed by atoms with E-state index in [1.165, 1.54) is 0 Å². The second-order valence-electron chi connectivity index (χ2n) is 7.14. The maximum absolute atomic E-state index is 12.3. The number of aromatic nitrogens is 2. The van der Waals surface area contributed by atoms with Gasteiger partial charge < -0.3 is 15.0 Å². The SMILES string of the molecule is O=C(NCCCN1CCOCC1)c1ccc(Cc2nc3ccccc3[nH]2)cc1. The van der Waals surface area contributed by atoms with Crippen molar-refractivity contribution in [3.8, 4) is 0 Å².